The lowest BCUT2D eigenvalue weighted by molar-refractivity contribution is -0.151. The number of likely N-dealkylation sites (tertiary alicyclic amines) is 1. The van der Waals surface area contributed by atoms with E-state index in [-0.39, 0.29) is 5.97 Å². The van der Waals surface area contributed by atoms with E-state index in [0.29, 0.717) is 6.42 Å². The van der Waals surface area contributed by atoms with E-state index >= 15 is 0 Å². The summed E-state index contributed by atoms with van der Waals surface area (Å²) in [6.07, 6.45) is 4.15. The first kappa shape index (κ1) is 12.4. The molecule has 5 heteroatoms. The van der Waals surface area contributed by atoms with Crippen molar-refractivity contribution in [2.24, 2.45) is 11.8 Å². The minimum absolute atomic E-state index is 0.296. The fourth-order valence-corrected chi connectivity index (χ4v) is 1.91. The Morgan fingerprint density at radius 2 is 2.33 bits per heavy atom. The molecule has 1 aliphatic heterocycles. The molecule has 0 amide bonds. The van der Waals surface area contributed by atoms with Crippen molar-refractivity contribution in [1.29, 1.82) is 0 Å². The molecule has 15 heavy (non-hydrogen) atoms. The zero-order chi connectivity index (χ0) is 11.1. The summed E-state index contributed by atoms with van der Waals surface area (Å²) in [7, 11) is 0. The van der Waals surface area contributed by atoms with Crippen molar-refractivity contribution < 1.29 is 9.63 Å². The molecule has 0 spiro atoms. The van der Waals surface area contributed by atoms with E-state index in [1.165, 1.54) is 19.3 Å². The standard InChI is InChI=1S/C10H21N3O2/c1-9-3-2-6-13(7-4-9)8-5-10(14)15-12-11/h9,12H,2-8,11H2,1H3. The van der Waals surface area contributed by atoms with Gasteiger partial charge in [-0.1, -0.05) is 12.5 Å². The van der Waals surface area contributed by atoms with Crippen LogP contribution in [0.2, 0.25) is 0 Å². The van der Waals surface area contributed by atoms with E-state index in [2.05, 4.69) is 16.7 Å². The van der Waals surface area contributed by atoms with Crippen LogP contribution in [0.1, 0.15) is 32.6 Å². The number of rotatable bonds is 4. The summed E-state index contributed by atoms with van der Waals surface area (Å²) in [5, 5.41) is 0. The largest absolute Gasteiger partial charge is 0.356 e. The third-order valence-electron chi connectivity index (χ3n) is 2.91. The van der Waals surface area contributed by atoms with Crippen molar-refractivity contribution in [3.05, 3.63) is 0 Å². The van der Waals surface area contributed by atoms with Crippen molar-refractivity contribution in [3.63, 3.8) is 0 Å². The maximum absolute atomic E-state index is 11.0. The third-order valence-corrected chi connectivity index (χ3v) is 2.91. The molecule has 5 nitrogen and oxygen atoms in total. The molecule has 1 rings (SSSR count). The molecule has 0 saturated carbocycles. The normalized spacial score (nSPS) is 23.5. The Balaban J connectivity index is 2.17. The Hall–Kier alpha value is -0.650. The molecule has 0 aliphatic carbocycles. The predicted molar refractivity (Wildman–Crippen MR) is 57.5 cm³/mol. The Morgan fingerprint density at radius 1 is 1.53 bits per heavy atom. The number of nitrogens with two attached hydrogens (primary N) is 1. The van der Waals surface area contributed by atoms with Gasteiger partial charge in [0.1, 0.15) is 0 Å². The number of carbonyl (C=O) groups excluding carboxylic acids is 1. The van der Waals surface area contributed by atoms with E-state index in [1.807, 2.05) is 5.59 Å². The first-order chi connectivity index (χ1) is 7.22. The molecule has 1 saturated heterocycles. The molecule has 0 aromatic rings. The van der Waals surface area contributed by atoms with Crippen LogP contribution in [0.5, 0.6) is 0 Å². The van der Waals surface area contributed by atoms with Gasteiger partial charge < -0.3 is 9.74 Å². The van der Waals surface area contributed by atoms with Crippen LogP contribution in [-0.4, -0.2) is 30.5 Å². The molecule has 0 radical (unpaired) electrons. The quantitative estimate of drug-likeness (QED) is 0.525. The average molecular weight is 215 g/mol. The van der Waals surface area contributed by atoms with E-state index in [4.69, 9.17) is 5.84 Å². The molecule has 0 aromatic carbocycles. The highest BCUT2D eigenvalue weighted by Crippen LogP contribution is 2.16. The van der Waals surface area contributed by atoms with Gasteiger partial charge in [0.2, 0.25) is 0 Å². The van der Waals surface area contributed by atoms with Gasteiger partial charge in [-0.15, -0.1) is 0 Å². The summed E-state index contributed by atoms with van der Waals surface area (Å²) in [6, 6.07) is 0. The van der Waals surface area contributed by atoms with E-state index in [1.54, 1.807) is 0 Å². The molecule has 0 bridgehead atoms. The van der Waals surface area contributed by atoms with Crippen LogP contribution in [0.15, 0.2) is 0 Å². The minimum Gasteiger partial charge on any atom is -0.356 e. The number of carbonyl (C=O) groups is 1. The van der Waals surface area contributed by atoms with E-state index < -0.39 is 0 Å². The molecule has 1 heterocycles. The van der Waals surface area contributed by atoms with E-state index in [9.17, 15) is 4.79 Å². The monoisotopic (exact) mass is 215 g/mol. The highest BCUT2D eigenvalue weighted by Gasteiger charge is 2.14. The van der Waals surface area contributed by atoms with Gasteiger partial charge in [-0.2, -0.15) is 0 Å². The van der Waals surface area contributed by atoms with Crippen molar-refractivity contribution in [2.45, 2.75) is 32.6 Å². The Bertz CT molecular complexity index is 199. The number of hydrazine groups is 1. The van der Waals surface area contributed by atoms with Gasteiger partial charge in [0.15, 0.2) is 0 Å². The van der Waals surface area contributed by atoms with E-state index in [0.717, 1.165) is 25.6 Å². The molecule has 1 unspecified atom stereocenters. The second kappa shape index (κ2) is 6.76. The first-order valence-electron chi connectivity index (χ1n) is 5.60. The lowest BCUT2D eigenvalue weighted by Crippen LogP contribution is -2.31. The summed E-state index contributed by atoms with van der Waals surface area (Å²) in [4.78, 5) is 17.8. The van der Waals surface area contributed by atoms with Gasteiger partial charge in [-0.3, -0.25) is 4.79 Å². The zero-order valence-corrected chi connectivity index (χ0v) is 9.37. The lowest BCUT2D eigenvalue weighted by atomic mass is 10.0. The Morgan fingerprint density at radius 3 is 3.07 bits per heavy atom. The maximum Gasteiger partial charge on any atom is 0.327 e. The van der Waals surface area contributed by atoms with Crippen molar-refractivity contribution in [3.8, 4) is 0 Å². The van der Waals surface area contributed by atoms with Crippen LogP contribution in [0, 0.1) is 5.92 Å². The van der Waals surface area contributed by atoms with Gasteiger partial charge in [-0.05, 0) is 38.3 Å². The van der Waals surface area contributed by atoms with Gasteiger partial charge in [0.05, 0.1) is 6.42 Å². The smallest absolute Gasteiger partial charge is 0.327 e. The maximum atomic E-state index is 11.0. The lowest BCUT2D eigenvalue weighted by Gasteiger charge is -2.18. The first-order valence-corrected chi connectivity index (χ1v) is 5.60. The number of hydrogen-bond donors (Lipinski definition) is 2. The van der Waals surface area contributed by atoms with Crippen LogP contribution in [0.4, 0.5) is 0 Å². The fraction of sp³-hybridized carbons (Fsp3) is 0.900. The second-order valence-electron chi connectivity index (χ2n) is 4.22. The minimum atomic E-state index is -0.296. The molecule has 1 atom stereocenters. The summed E-state index contributed by atoms with van der Waals surface area (Å²) in [5.41, 5.74) is 1.91. The highest BCUT2D eigenvalue weighted by atomic mass is 16.7. The number of hydrogen-bond acceptors (Lipinski definition) is 5. The van der Waals surface area contributed by atoms with Gasteiger partial charge >= 0.3 is 5.97 Å². The van der Waals surface area contributed by atoms with Crippen LogP contribution >= 0.6 is 0 Å². The molecular formula is C10H21N3O2. The summed E-state index contributed by atoms with van der Waals surface area (Å²) in [6.45, 7) is 5.24. The molecule has 3 N–H and O–H groups in total. The molecular weight excluding hydrogens is 194 g/mol. The third kappa shape index (κ3) is 5.11. The topological polar surface area (TPSA) is 67.6 Å². The Kier molecular flexibility index (Phi) is 5.60. The van der Waals surface area contributed by atoms with Crippen LogP contribution in [-0.2, 0) is 9.63 Å². The Labute approximate surface area is 90.9 Å². The SMILES string of the molecule is CC1CCCN(CCC(=O)ONN)CC1. The van der Waals surface area contributed by atoms with Crippen LogP contribution < -0.4 is 11.4 Å². The fourth-order valence-electron chi connectivity index (χ4n) is 1.91. The molecule has 88 valence electrons. The number of nitrogens with zero attached hydrogens (tertiary/aromatic N) is 1. The summed E-state index contributed by atoms with van der Waals surface area (Å²) >= 11 is 0. The van der Waals surface area contributed by atoms with Crippen molar-refractivity contribution in [2.75, 3.05) is 19.6 Å². The summed E-state index contributed by atoms with van der Waals surface area (Å²) < 4.78 is 0. The van der Waals surface area contributed by atoms with Gasteiger partial charge in [0.25, 0.3) is 0 Å². The second-order valence-corrected chi connectivity index (χ2v) is 4.22. The number of nitrogens with one attached hydrogen (secondary N) is 1. The zero-order valence-electron chi connectivity index (χ0n) is 9.37. The van der Waals surface area contributed by atoms with Crippen LogP contribution in [0.25, 0.3) is 0 Å². The van der Waals surface area contributed by atoms with Crippen molar-refractivity contribution >= 4 is 5.97 Å². The molecule has 1 fully saturated rings. The van der Waals surface area contributed by atoms with Gasteiger partial charge in [0, 0.05) is 6.54 Å². The van der Waals surface area contributed by atoms with Gasteiger partial charge in [-0.25, -0.2) is 5.84 Å². The van der Waals surface area contributed by atoms with Crippen LogP contribution in [0.3, 0.4) is 0 Å². The highest BCUT2D eigenvalue weighted by molar-refractivity contribution is 5.69. The summed E-state index contributed by atoms with van der Waals surface area (Å²) in [5.74, 6) is 5.39. The van der Waals surface area contributed by atoms with Crippen molar-refractivity contribution in [1.82, 2.24) is 10.5 Å². The molecule has 0 aromatic heterocycles. The predicted octanol–water partition coefficient (Wildman–Crippen LogP) is 0.420. The average Bonchev–Trinajstić information content (AvgIpc) is 2.41. The molecule has 1 aliphatic rings.